The van der Waals surface area contributed by atoms with Crippen LogP contribution in [0.3, 0.4) is 0 Å². The van der Waals surface area contributed by atoms with Gasteiger partial charge in [-0.25, -0.2) is 4.98 Å². The highest BCUT2D eigenvalue weighted by molar-refractivity contribution is 5.99. The number of nitrogen functional groups attached to an aromatic ring is 1. The molecule has 0 radical (unpaired) electrons. The average molecular weight is 270 g/mol. The fraction of sp³-hybridized carbons (Fsp3) is 0.333. The Bertz CT molecular complexity index is 633. The molecule has 1 aromatic heterocycles. The summed E-state index contributed by atoms with van der Waals surface area (Å²) in [5, 5.41) is 4.18. The summed E-state index contributed by atoms with van der Waals surface area (Å²) in [6, 6.07) is 9.30. The van der Waals surface area contributed by atoms with Crippen molar-refractivity contribution in [2.45, 2.75) is 6.42 Å². The largest absolute Gasteiger partial charge is 0.398 e. The smallest absolute Gasteiger partial charge is 0.272 e. The van der Waals surface area contributed by atoms with Gasteiger partial charge in [0.25, 0.3) is 5.91 Å². The van der Waals surface area contributed by atoms with Crippen molar-refractivity contribution < 1.29 is 4.79 Å². The van der Waals surface area contributed by atoms with E-state index in [9.17, 15) is 4.79 Å². The molecule has 5 nitrogen and oxygen atoms in total. The molecule has 0 unspecified atom stereocenters. The first kappa shape index (κ1) is 12.9. The number of hydrogen-bond donors (Lipinski definition) is 2. The monoisotopic (exact) mass is 270 g/mol. The van der Waals surface area contributed by atoms with Gasteiger partial charge in [0.05, 0.1) is 5.52 Å². The van der Waals surface area contributed by atoms with Crippen LogP contribution in [0.25, 0.3) is 10.9 Å². The van der Waals surface area contributed by atoms with E-state index < -0.39 is 0 Å². The lowest BCUT2D eigenvalue weighted by molar-refractivity contribution is 0.0761. The maximum absolute atomic E-state index is 12.5. The molecule has 1 aromatic carbocycles. The van der Waals surface area contributed by atoms with E-state index in [0.717, 1.165) is 37.0 Å². The maximum atomic E-state index is 12.5. The normalized spacial score (nSPS) is 16.1. The molecule has 2 heterocycles. The molecular formula is C15H18N4O. The van der Waals surface area contributed by atoms with Crippen LogP contribution in [0.15, 0.2) is 30.3 Å². The number of carbonyl (C=O) groups is 1. The first-order valence-electron chi connectivity index (χ1n) is 6.91. The van der Waals surface area contributed by atoms with Crippen molar-refractivity contribution in [1.29, 1.82) is 0 Å². The van der Waals surface area contributed by atoms with Gasteiger partial charge in [0.2, 0.25) is 0 Å². The summed E-state index contributed by atoms with van der Waals surface area (Å²) in [7, 11) is 0. The number of fused-ring (bicyclic) bond motifs is 1. The average Bonchev–Trinajstić information content (AvgIpc) is 2.75. The summed E-state index contributed by atoms with van der Waals surface area (Å²) in [4.78, 5) is 18.8. The lowest BCUT2D eigenvalue weighted by Crippen LogP contribution is -2.34. The summed E-state index contributed by atoms with van der Waals surface area (Å²) in [6.07, 6.45) is 0.967. The lowest BCUT2D eigenvalue weighted by atomic mass is 10.1. The van der Waals surface area contributed by atoms with Gasteiger partial charge >= 0.3 is 0 Å². The van der Waals surface area contributed by atoms with Gasteiger partial charge in [0, 0.05) is 30.7 Å². The molecule has 1 amide bonds. The van der Waals surface area contributed by atoms with Crippen LogP contribution in [0.1, 0.15) is 16.9 Å². The van der Waals surface area contributed by atoms with Crippen molar-refractivity contribution in [3.05, 3.63) is 36.0 Å². The molecule has 0 spiro atoms. The van der Waals surface area contributed by atoms with Gasteiger partial charge < -0.3 is 16.0 Å². The van der Waals surface area contributed by atoms with Crippen molar-refractivity contribution in [1.82, 2.24) is 15.2 Å². The molecule has 2 aromatic rings. The Morgan fingerprint density at radius 2 is 2.10 bits per heavy atom. The van der Waals surface area contributed by atoms with E-state index in [2.05, 4.69) is 10.3 Å². The molecule has 5 heteroatoms. The van der Waals surface area contributed by atoms with Gasteiger partial charge in [-0.3, -0.25) is 4.79 Å². The zero-order chi connectivity index (χ0) is 13.9. The van der Waals surface area contributed by atoms with E-state index in [4.69, 9.17) is 5.73 Å². The predicted molar refractivity (Wildman–Crippen MR) is 79.5 cm³/mol. The number of hydrogen-bond acceptors (Lipinski definition) is 4. The van der Waals surface area contributed by atoms with Gasteiger partial charge in [0.15, 0.2) is 0 Å². The predicted octanol–water partition coefficient (Wildman–Crippen LogP) is 1.25. The van der Waals surface area contributed by atoms with Crippen molar-refractivity contribution in [3.63, 3.8) is 0 Å². The topological polar surface area (TPSA) is 71.2 Å². The molecule has 104 valence electrons. The van der Waals surface area contributed by atoms with E-state index in [1.165, 1.54) is 0 Å². The molecule has 1 aliphatic heterocycles. The van der Waals surface area contributed by atoms with Crippen LogP contribution in [0.2, 0.25) is 0 Å². The number of nitrogens with one attached hydrogen (secondary N) is 1. The first-order valence-corrected chi connectivity index (χ1v) is 6.91. The number of nitrogens with two attached hydrogens (primary N) is 1. The van der Waals surface area contributed by atoms with Gasteiger partial charge in [-0.2, -0.15) is 0 Å². The minimum absolute atomic E-state index is 0.0360. The van der Waals surface area contributed by atoms with Crippen molar-refractivity contribution >= 4 is 22.5 Å². The van der Waals surface area contributed by atoms with Crippen LogP contribution in [-0.4, -0.2) is 42.0 Å². The summed E-state index contributed by atoms with van der Waals surface area (Å²) in [5.74, 6) is -0.0360. The third kappa shape index (κ3) is 2.44. The number of anilines is 1. The Morgan fingerprint density at radius 3 is 3.00 bits per heavy atom. The number of pyridine rings is 1. The molecule has 1 fully saturated rings. The SMILES string of the molecule is Nc1cc(C(=O)N2CCCNCC2)nc2ccccc12. The fourth-order valence-electron chi connectivity index (χ4n) is 2.52. The maximum Gasteiger partial charge on any atom is 0.272 e. The van der Waals surface area contributed by atoms with Crippen molar-refractivity contribution in [2.24, 2.45) is 0 Å². The Balaban J connectivity index is 1.94. The van der Waals surface area contributed by atoms with Crippen molar-refractivity contribution in [2.75, 3.05) is 31.9 Å². The molecule has 3 rings (SSSR count). The summed E-state index contributed by atoms with van der Waals surface area (Å²) in [6.45, 7) is 3.26. The molecule has 0 bridgehead atoms. The van der Waals surface area contributed by atoms with Gasteiger partial charge in [-0.05, 0) is 25.1 Å². The second-order valence-electron chi connectivity index (χ2n) is 5.01. The Hall–Kier alpha value is -2.14. The minimum Gasteiger partial charge on any atom is -0.398 e. The zero-order valence-electron chi connectivity index (χ0n) is 11.3. The van der Waals surface area contributed by atoms with E-state index in [1.54, 1.807) is 6.07 Å². The number of benzene rings is 1. The van der Waals surface area contributed by atoms with E-state index >= 15 is 0 Å². The number of rotatable bonds is 1. The molecule has 0 saturated carbocycles. The molecular weight excluding hydrogens is 252 g/mol. The summed E-state index contributed by atoms with van der Waals surface area (Å²) >= 11 is 0. The Morgan fingerprint density at radius 1 is 1.25 bits per heavy atom. The summed E-state index contributed by atoms with van der Waals surface area (Å²) in [5.41, 5.74) is 7.84. The quantitative estimate of drug-likeness (QED) is 0.818. The number of carbonyl (C=O) groups excluding carboxylic acids is 1. The third-order valence-corrected chi connectivity index (χ3v) is 3.59. The standard InChI is InChI=1S/C15H18N4O/c16-12-10-14(18-13-5-2-1-4-11(12)13)15(20)19-8-3-6-17-7-9-19/h1-2,4-5,10,17H,3,6-9H2,(H2,16,18). The van der Waals surface area contributed by atoms with E-state index in [-0.39, 0.29) is 5.91 Å². The van der Waals surface area contributed by atoms with Gasteiger partial charge in [0.1, 0.15) is 5.69 Å². The second kappa shape index (κ2) is 5.46. The number of nitrogens with zero attached hydrogens (tertiary/aromatic N) is 2. The van der Waals surface area contributed by atoms with Crippen LogP contribution in [0.5, 0.6) is 0 Å². The zero-order valence-corrected chi connectivity index (χ0v) is 11.3. The van der Waals surface area contributed by atoms with E-state index in [1.807, 2.05) is 29.2 Å². The minimum atomic E-state index is -0.0360. The fourth-order valence-corrected chi connectivity index (χ4v) is 2.52. The number of aromatic nitrogens is 1. The molecule has 3 N–H and O–H groups in total. The second-order valence-corrected chi connectivity index (χ2v) is 5.01. The van der Waals surface area contributed by atoms with Crippen LogP contribution in [0.4, 0.5) is 5.69 Å². The Kier molecular flexibility index (Phi) is 3.52. The molecule has 0 atom stereocenters. The van der Waals surface area contributed by atoms with Gasteiger partial charge in [-0.15, -0.1) is 0 Å². The highest BCUT2D eigenvalue weighted by Crippen LogP contribution is 2.20. The summed E-state index contributed by atoms with van der Waals surface area (Å²) < 4.78 is 0. The van der Waals surface area contributed by atoms with E-state index in [0.29, 0.717) is 17.9 Å². The van der Waals surface area contributed by atoms with Crippen LogP contribution in [-0.2, 0) is 0 Å². The highest BCUT2D eigenvalue weighted by atomic mass is 16.2. The van der Waals surface area contributed by atoms with Gasteiger partial charge in [-0.1, -0.05) is 18.2 Å². The van der Waals surface area contributed by atoms with Crippen molar-refractivity contribution in [3.8, 4) is 0 Å². The molecule has 20 heavy (non-hydrogen) atoms. The highest BCUT2D eigenvalue weighted by Gasteiger charge is 2.19. The Labute approximate surface area is 117 Å². The lowest BCUT2D eigenvalue weighted by Gasteiger charge is -2.19. The molecule has 1 saturated heterocycles. The third-order valence-electron chi connectivity index (χ3n) is 3.59. The molecule has 0 aliphatic carbocycles. The van der Waals surface area contributed by atoms with Crippen LogP contribution in [0, 0.1) is 0 Å². The van der Waals surface area contributed by atoms with Crippen LogP contribution >= 0.6 is 0 Å². The first-order chi connectivity index (χ1) is 9.75. The number of amides is 1. The number of para-hydroxylation sites is 1. The van der Waals surface area contributed by atoms with Crippen LogP contribution < -0.4 is 11.1 Å². The molecule has 1 aliphatic rings.